The number of nitro benzene ring substituents is 1. The molecule has 0 saturated carbocycles. The first-order chi connectivity index (χ1) is 11.1. The van der Waals surface area contributed by atoms with Crippen molar-refractivity contribution >= 4 is 21.2 Å². The van der Waals surface area contributed by atoms with Gasteiger partial charge in [0.25, 0.3) is 5.69 Å². The third-order valence-electron chi connectivity index (χ3n) is 4.09. The molecule has 0 aliphatic carbocycles. The van der Waals surface area contributed by atoms with E-state index in [-0.39, 0.29) is 10.9 Å². The number of benzene rings is 2. The van der Waals surface area contributed by atoms with Crippen LogP contribution in [0.15, 0.2) is 47.4 Å². The zero-order chi connectivity index (χ0) is 18.1. The fourth-order valence-corrected chi connectivity index (χ4v) is 3.32. The van der Waals surface area contributed by atoms with E-state index >= 15 is 0 Å². The topological polar surface area (TPSA) is 80.5 Å². The summed E-state index contributed by atoms with van der Waals surface area (Å²) in [7, 11) is -1.87. The van der Waals surface area contributed by atoms with Crippen LogP contribution in [0.2, 0.25) is 0 Å². The van der Waals surface area contributed by atoms with Gasteiger partial charge >= 0.3 is 0 Å². The Morgan fingerprint density at radius 1 is 1.12 bits per heavy atom. The molecule has 0 fully saturated rings. The lowest BCUT2D eigenvalue weighted by molar-refractivity contribution is -0.387. The van der Waals surface area contributed by atoms with Crippen molar-refractivity contribution in [2.75, 3.05) is 18.2 Å². The molecule has 2 rings (SSSR count). The van der Waals surface area contributed by atoms with Crippen molar-refractivity contribution in [1.82, 2.24) is 0 Å². The maximum Gasteiger partial charge on any atom is 0.288 e. The highest BCUT2D eigenvalue weighted by Gasteiger charge is 2.24. The van der Waals surface area contributed by atoms with Gasteiger partial charge < -0.3 is 4.90 Å². The van der Waals surface area contributed by atoms with Gasteiger partial charge in [-0.25, -0.2) is 8.42 Å². The van der Waals surface area contributed by atoms with E-state index in [2.05, 4.69) is 0 Å². The molecule has 0 heterocycles. The normalized spacial score (nSPS) is 12.7. The summed E-state index contributed by atoms with van der Waals surface area (Å²) >= 11 is 0. The first-order valence-corrected chi connectivity index (χ1v) is 9.28. The van der Waals surface area contributed by atoms with E-state index in [1.54, 1.807) is 6.07 Å². The quantitative estimate of drug-likeness (QED) is 0.610. The first kappa shape index (κ1) is 17.9. The molecule has 0 amide bonds. The predicted octanol–water partition coefficient (Wildman–Crippen LogP) is 3.50. The van der Waals surface area contributed by atoms with E-state index in [0.29, 0.717) is 5.69 Å². The molecular weight excluding hydrogens is 328 g/mol. The largest absolute Gasteiger partial charge is 0.368 e. The van der Waals surface area contributed by atoms with Crippen LogP contribution in [0.4, 0.5) is 11.4 Å². The van der Waals surface area contributed by atoms with Crippen LogP contribution in [0.3, 0.4) is 0 Å². The zero-order valence-corrected chi connectivity index (χ0v) is 14.9. The predicted molar refractivity (Wildman–Crippen MR) is 94.2 cm³/mol. The van der Waals surface area contributed by atoms with Gasteiger partial charge in [0.2, 0.25) is 0 Å². The molecule has 24 heavy (non-hydrogen) atoms. The van der Waals surface area contributed by atoms with Crippen molar-refractivity contribution in [1.29, 1.82) is 0 Å². The van der Waals surface area contributed by atoms with Gasteiger partial charge in [-0.2, -0.15) is 0 Å². The Labute approximate surface area is 141 Å². The van der Waals surface area contributed by atoms with Gasteiger partial charge in [-0.3, -0.25) is 10.1 Å². The van der Waals surface area contributed by atoms with E-state index < -0.39 is 20.4 Å². The Kier molecular flexibility index (Phi) is 4.94. The second-order valence-corrected chi connectivity index (χ2v) is 7.86. The molecule has 6 nitrogen and oxygen atoms in total. The van der Waals surface area contributed by atoms with Crippen molar-refractivity contribution in [2.24, 2.45) is 0 Å². The second-order valence-electron chi connectivity index (χ2n) is 5.88. The summed E-state index contributed by atoms with van der Waals surface area (Å²) in [6, 6.07) is 12.2. The number of anilines is 1. The smallest absolute Gasteiger partial charge is 0.288 e. The summed E-state index contributed by atoms with van der Waals surface area (Å²) in [5.41, 5.74) is 2.43. The minimum Gasteiger partial charge on any atom is -0.368 e. The monoisotopic (exact) mass is 348 g/mol. The molecule has 7 heteroatoms. The summed E-state index contributed by atoms with van der Waals surface area (Å²) < 4.78 is 23.8. The molecule has 1 unspecified atom stereocenters. The molecule has 0 aliphatic heterocycles. The van der Waals surface area contributed by atoms with E-state index in [1.807, 2.05) is 50.1 Å². The molecule has 0 saturated heterocycles. The fourth-order valence-electron chi connectivity index (χ4n) is 2.46. The Morgan fingerprint density at radius 2 is 1.71 bits per heavy atom. The molecule has 0 bridgehead atoms. The number of sulfone groups is 1. The van der Waals surface area contributed by atoms with Gasteiger partial charge in [0, 0.05) is 25.1 Å². The van der Waals surface area contributed by atoms with Crippen LogP contribution in [-0.4, -0.2) is 26.6 Å². The molecule has 2 aromatic rings. The molecule has 0 N–H and O–H groups in total. The average Bonchev–Trinajstić information content (AvgIpc) is 2.52. The Morgan fingerprint density at radius 3 is 2.21 bits per heavy atom. The number of hydrogen-bond acceptors (Lipinski definition) is 5. The zero-order valence-electron chi connectivity index (χ0n) is 14.1. The molecule has 0 aromatic heterocycles. The highest BCUT2D eigenvalue weighted by atomic mass is 32.2. The van der Waals surface area contributed by atoms with E-state index in [4.69, 9.17) is 0 Å². The minimum atomic E-state index is -3.70. The van der Waals surface area contributed by atoms with Gasteiger partial charge in [-0.15, -0.1) is 0 Å². The highest BCUT2D eigenvalue weighted by molar-refractivity contribution is 7.90. The Balaban J connectivity index is 2.44. The molecule has 0 spiro atoms. The van der Waals surface area contributed by atoms with Crippen LogP contribution in [0.25, 0.3) is 0 Å². The van der Waals surface area contributed by atoms with Crippen LogP contribution in [0, 0.1) is 17.0 Å². The fraction of sp³-hybridized carbons (Fsp3) is 0.294. The lowest BCUT2D eigenvalue weighted by Gasteiger charge is -2.27. The molecule has 0 aliphatic rings. The van der Waals surface area contributed by atoms with Gasteiger partial charge in [0.05, 0.1) is 11.0 Å². The lowest BCUT2D eigenvalue weighted by atomic mass is 10.0. The molecule has 1 atom stereocenters. The Bertz CT molecular complexity index is 861. The highest BCUT2D eigenvalue weighted by Crippen LogP contribution is 2.32. The van der Waals surface area contributed by atoms with E-state index in [0.717, 1.165) is 17.4 Å². The summed E-state index contributed by atoms with van der Waals surface area (Å²) in [5, 5.41) is 11.1. The maximum absolute atomic E-state index is 11.9. The van der Waals surface area contributed by atoms with Gasteiger partial charge in [0.15, 0.2) is 9.84 Å². The molecule has 2 aromatic carbocycles. The standard InChI is InChI=1S/C17H20N2O4S/c1-12-5-7-14(8-6-12)13(2)18(3)15-9-10-16(19(20)21)17(11-15)24(4,22)23/h5-11,13H,1-4H3. The summed E-state index contributed by atoms with van der Waals surface area (Å²) in [6.45, 7) is 4.00. The van der Waals surface area contributed by atoms with Gasteiger partial charge in [0.1, 0.15) is 4.90 Å². The summed E-state index contributed by atoms with van der Waals surface area (Å²) in [6.07, 6.45) is 0.975. The van der Waals surface area contributed by atoms with Gasteiger partial charge in [-0.1, -0.05) is 29.8 Å². The van der Waals surface area contributed by atoms with E-state index in [1.165, 1.54) is 12.1 Å². The summed E-state index contributed by atoms with van der Waals surface area (Å²) in [5.74, 6) is 0. The number of nitrogens with zero attached hydrogens (tertiary/aromatic N) is 2. The van der Waals surface area contributed by atoms with Gasteiger partial charge in [-0.05, 0) is 31.5 Å². The minimum absolute atomic E-state index is 0.0144. The van der Waals surface area contributed by atoms with Crippen LogP contribution >= 0.6 is 0 Å². The average molecular weight is 348 g/mol. The van der Waals surface area contributed by atoms with E-state index in [9.17, 15) is 18.5 Å². The van der Waals surface area contributed by atoms with Crippen molar-refractivity contribution < 1.29 is 13.3 Å². The van der Waals surface area contributed by atoms with Crippen molar-refractivity contribution in [3.8, 4) is 0 Å². The third-order valence-corrected chi connectivity index (χ3v) is 5.21. The van der Waals surface area contributed by atoms with Crippen LogP contribution in [0.1, 0.15) is 24.1 Å². The summed E-state index contributed by atoms with van der Waals surface area (Å²) in [4.78, 5) is 12.0. The lowest BCUT2D eigenvalue weighted by Crippen LogP contribution is -2.22. The number of rotatable bonds is 5. The van der Waals surface area contributed by atoms with Crippen molar-refractivity contribution in [3.63, 3.8) is 0 Å². The molecular formula is C17H20N2O4S. The second kappa shape index (κ2) is 6.60. The van der Waals surface area contributed by atoms with Crippen LogP contribution in [0.5, 0.6) is 0 Å². The van der Waals surface area contributed by atoms with Crippen molar-refractivity contribution in [2.45, 2.75) is 24.8 Å². The number of aryl methyl sites for hydroxylation is 1. The maximum atomic E-state index is 11.9. The number of nitro groups is 1. The SMILES string of the molecule is Cc1ccc(C(C)N(C)c2ccc([N+](=O)[O-])c(S(C)(=O)=O)c2)cc1. The molecule has 0 radical (unpaired) electrons. The third kappa shape index (κ3) is 3.73. The molecule has 128 valence electrons. The van der Waals surface area contributed by atoms with Crippen LogP contribution in [-0.2, 0) is 9.84 Å². The van der Waals surface area contributed by atoms with Crippen molar-refractivity contribution in [3.05, 3.63) is 63.7 Å². The van der Waals surface area contributed by atoms with Crippen LogP contribution < -0.4 is 4.90 Å². The number of hydrogen-bond donors (Lipinski definition) is 0. The first-order valence-electron chi connectivity index (χ1n) is 7.39. The Hall–Kier alpha value is -2.41.